The van der Waals surface area contributed by atoms with Crippen molar-refractivity contribution in [3.8, 4) is 17.0 Å². The number of rotatable bonds is 6. The number of aromatic amines is 1. The van der Waals surface area contributed by atoms with E-state index in [9.17, 15) is 0 Å². The molecule has 1 unspecified atom stereocenters. The molecule has 4 aromatic heterocycles. The van der Waals surface area contributed by atoms with Crippen LogP contribution in [0.15, 0.2) is 49.1 Å². The lowest BCUT2D eigenvalue weighted by atomic mass is 10.1. The van der Waals surface area contributed by atoms with E-state index in [1.165, 1.54) is 18.5 Å². The Kier molecular flexibility index (Phi) is 3.48. The number of aryl methyl sites for hydroxylation is 1. The fourth-order valence-corrected chi connectivity index (χ4v) is 3.50. The van der Waals surface area contributed by atoms with Crippen molar-refractivity contribution >= 4 is 27.8 Å². The van der Waals surface area contributed by atoms with Crippen LogP contribution < -0.4 is 10.1 Å². The highest BCUT2D eigenvalue weighted by molar-refractivity contribution is 5.93. The third kappa shape index (κ3) is 3.54. The van der Waals surface area contributed by atoms with Crippen molar-refractivity contribution < 1.29 is 11.6 Å². The summed E-state index contributed by atoms with van der Waals surface area (Å²) >= 11 is 0. The summed E-state index contributed by atoms with van der Waals surface area (Å²) in [5, 5.41) is 14.9. The van der Waals surface area contributed by atoms with Crippen molar-refractivity contribution in [3.63, 3.8) is 0 Å². The number of ether oxygens (including phenoxy) is 1. The van der Waals surface area contributed by atoms with Crippen LogP contribution in [0.1, 0.15) is 32.4 Å². The number of hydrogen-bond donors (Lipinski definition) is 2. The number of H-pyrrole nitrogens is 1. The van der Waals surface area contributed by atoms with Gasteiger partial charge in [0.05, 0.1) is 17.2 Å². The van der Waals surface area contributed by atoms with Gasteiger partial charge >= 0.3 is 0 Å². The van der Waals surface area contributed by atoms with Gasteiger partial charge in [-0.05, 0) is 32.0 Å². The molecule has 156 valence electrons. The lowest BCUT2D eigenvalue weighted by molar-refractivity contribution is 0.224. The maximum atomic E-state index is 7.91. The highest BCUT2D eigenvalue weighted by Crippen LogP contribution is 2.32. The average molecular weight is 420 g/mol. The molecule has 0 aliphatic carbocycles. The second-order valence-corrected chi connectivity index (χ2v) is 7.01. The monoisotopic (exact) mass is 419 g/mol. The van der Waals surface area contributed by atoms with E-state index in [1.54, 1.807) is 23.9 Å². The van der Waals surface area contributed by atoms with Gasteiger partial charge < -0.3 is 10.1 Å². The Bertz CT molecular complexity index is 1560. The smallest absolute Gasteiger partial charge is 0.140 e. The molecule has 0 radical (unpaired) electrons. The van der Waals surface area contributed by atoms with E-state index in [-0.39, 0.29) is 5.82 Å². The molecule has 0 saturated carbocycles. The van der Waals surface area contributed by atoms with Gasteiger partial charge in [-0.2, -0.15) is 10.2 Å². The van der Waals surface area contributed by atoms with Crippen LogP contribution in [0.25, 0.3) is 33.2 Å². The van der Waals surface area contributed by atoms with E-state index in [1.807, 2.05) is 25.4 Å². The molecule has 0 fully saturated rings. The maximum absolute atomic E-state index is 7.91. The van der Waals surface area contributed by atoms with Gasteiger partial charge in [0.15, 0.2) is 0 Å². The summed E-state index contributed by atoms with van der Waals surface area (Å²) in [4.78, 5) is 13.1. The molecule has 2 N–H and O–H groups in total. The van der Waals surface area contributed by atoms with E-state index in [2.05, 4.69) is 35.6 Å². The lowest BCUT2D eigenvalue weighted by Crippen LogP contribution is -2.10. The predicted molar refractivity (Wildman–Crippen MR) is 119 cm³/mol. The van der Waals surface area contributed by atoms with Gasteiger partial charge in [-0.3, -0.25) is 19.7 Å². The Balaban J connectivity index is 1.50. The summed E-state index contributed by atoms with van der Waals surface area (Å²) in [6, 6.07) is 6.98. The Hall–Kier alpha value is -4.01. The van der Waals surface area contributed by atoms with Gasteiger partial charge in [0, 0.05) is 56.0 Å². The van der Waals surface area contributed by atoms with Crippen LogP contribution in [0, 0.1) is 0 Å². The number of pyridine rings is 1. The largest absolute Gasteiger partial charge is 0.484 e. The van der Waals surface area contributed by atoms with Crippen molar-refractivity contribution in [2.24, 2.45) is 7.05 Å². The summed E-state index contributed by atoms with van der Waals surface area (Å²) in [5.74, 6) is 0.565. The molecule has 9 heteroatoms. The van der Waals surface area contributed by atoms with Gasteiger partial charge in [0.25, 0.3) is 0 Å². The van der Waals surface area contributed by atoms with E-state index < -0.39 is 19.5 Å². The molecule has 0 amide bonds. The highest BCUT2D eigenvalue weighted by atomic mass is 16.5. The van der Waals surface area contributed by atoms with Crippen molar-refractivity contribution in [2.75, 3.05) is 11.8 Å². The average Bonchev–Trinajstić information content (AvgIpc) is 3.43. The summed E-state index contributed by atoms with van der Waals surface area (Å²) in [6.45, 7) is -3.83. The first-order chi connectivity index (χ1) is 17.0. The minimum absolute atomic E-state index is 0.0127. The van der Waals surface area contributed by atoms with Gasteiger partial charge in [0.2, 0.25) is 0 Å². The first-order valence-electron chi connectivity index (χ1n) is 12.1. The molecule has 1 aromatic carbocycles. The number of aromatic nitrogens is 7. The van der Waals surface area contributed by atoms with Crippen LogP contribution in [-0.4, -0.2) is 41.4 Å². The topological polar surface area (TPSA) is 106 Å². The molecular formula is C22H22N8O. The normalized spacial score (nSPS) is 15.6. The van der Waals surface area contributed by atoms with Crippen molar-refractivity contribution in [1.29, 1.82) is 0 Å². The molecule has 9 nitrogen and oxygen atoms in total. The van der Waals surface area contributed by atoms with Gasteiger partial charge in [0.1, 0.15) is 34.6 Å². The fraction of sp³-hybridized carbons (Fsp3) is 0.227. The van der Waals surface area contributed by atoms with Crippen LogP contribution >= 0.6 is 0 Å². The van der Waals surface area contributed by atoms with E-state index >= 15 is 0 Å². The number of anilines is 1. The van der Waals surface area contributed by atoms with Crippen LogP contribution in [-0.2, 0) is 7.05 Å². The lowest BCUT2D eigenvalue weighted by Gasteiger charge is -2.17. The van der Waals surface area contributed by atoms with E-state index in [0.717, 1.165) is 22.2 Å². The third-order valence-electron chi connectivity index (χ3n) is 4.88. The van der Waals surface area contributed by atoms with Crippen LogP contribution in [0.3, 0.4) is 0 Å². The molecule has 0 spiro atoms. The summed E-state index contributed by atoms with van der Waals surface area (Å²) in [6.07, 6.45) is 5.99. The van der Waals surface area contributed by atoms with E-state index in [4.69, 9.17) is 11.6 Å². The fourth-order valence-electron chi connectivity index (χ4n) is 3.50. The Labute approximate surface area is 185 Å². The zero-order valence-corrected chi connectivity index (χ0v) is 16.8. The quantitative estimate of drug-likeness (QED) is 0.430. The standard InChI is InChI=1S/C22H22N8O/c1-4-23-19-10-18-22(25-8-7-24-18)20(27-19)13(2)31-15-5-6-17-16(9-15)21(29-28-17)14-11-26-30(3)12-14/h5-13H,4H2,1-3H3,(H,23,27)(H,28,29)/i1D3,4D2. The summed E-state index contributed by atoms with van der Waals surface area (Å²) in [7, 11) is 1.83. The number of nitrogens with one attached hydrogen (secondary N) is 2. The summed E-state index contributed by atoms with van der Waals surface area (Å²) in [5.41, 5.74) is 3.70. The second kappa shape index (κ2) is 7.67. The van der Waals surface area contributed by atoms with E-state index in [0.29, 0.717) is 22.5 Å². The first-order valence-corrected chi connectivity index (χ1v) is 9.55. The van der Waals surface area contributed by atoms with Gasteiger partial charge in [-0.15, -0.1) is 0 Å². The highest BCUT2D eigenvalue weighted by Gasteiger charge is 2.18. The minimum Gasteiger partial charge on any atom is -0.484 e. The predicted octanol–water partition coefficient (Wildman–Crippen LogP) is 3.87. The Morgan fingerprint density at radius 3 is 3.03 bits per heavy atom. The zero-order chi connectivity index (χ0) is 25.7. The second-order valence-electron chi connectivity index (χ2n) is 7.01. The Morgan fingerprint density at radius 1 is 1.29 bits per heavy atom. The number of hydrogen-bond acceptors (Lipinski definition) is 7. The molecular weight excluding hydrogens is 392 g/mol. The minimum atomic E-state index is -2.90. The van der Waals surface area contributed by atoms with Gasteiger partial charge in [-0.25, -0.2) is 4.98 Å². The van der Waals surface area contributed by atoms with Crippen LogP contribution in [0.5, 0.6) is 5.75 Å². The molecule has 31 heavy (non-hydrogen) atoms. The molecule has 4 heterocycles. The van der Waals surface area contributed by atoms with Crippen molar-refractivity contribution in [3.05, 3.63) is 54.7 Å². The SMILES string of the molecule is [2H]C([2H])([2H])C([2H])([2H])Nc1cc2nccnc2c(C(C)Oc2ccc3[nH]nc(-c4cnn(C)c4)c3c2)n1. The Morgan fingerprint density at radius 2 is 2.19 bits per heavy atom. The number of benzene rings is 1. The number of fused-ring (bicyclic) bond motifs is 2. The molecule has 1 atom stereocenters. The zero-order valence-electron chi connectivity index (χ0n) is 21.8. The molecule has 5 aromatic rings. The maximum Gasteiger partial charge on any atom is 0.140 e. The molecule has 5 rings (SSSR count). The molecule has 0 aliphatic rings. The molecule has 0 saturated heterocycles. The van der Waals surface area contributed by atoms with Gasteiger partial charge in [-0.1, -0.05) is 0 Å². The molecule has 0 bridgehead atoms. The summed E-state index contributed by atoms with van der Waals surface area (Å²) < 4.78 is 46.1. The third-order valence-corrected chi connectivity index (χ3v) is 4.88. The van der Waals surface area contributed by atoms with Crippen LogP contribution in [0.4, 0.5) is 5.82 Å². The first kappa shape index (κ1) is 14.1. The number of nitrogens with zero attached hydrogens (tertiary/aromatic N) is 6. The van der Waals surface area contributed by atoms with Crippen LogP contribution in [0.2, 0.25) is 0 Å². The van der Waals surface area contributed by atoms with Crippen molar-refractivity contribution in [1.82, 2.24) is 34.9 Å². The molecule has 0 aliphatic heterocycles. The van der Waals surface area contributed by atoms with Crippen molar-refractivity contribution in [2.45, 2.75) is 19.9 Å².